The molecule has 0 aromatic carbocycles. The van der Waals surface area contributed by atoms with Crippen molar-refractivity contribution in [3.05, 3.63) is 0 Å². The van der Waals surface area contributed by atoms with E-state index in [-0.39, 0.29) is 0 Å². The van der Waals surface area contributed by atoms with Crippen LogP contribution in [0.15, 0.2) is 0 Å². The number of rotatable bonds is 4. The Hall–Kier alpha value is -0.0800. The Bertz CT molecular complexity index is 77.3. The van der Waals surface area contributed by atoms with Gasteiger partial charge in [0.25, 0.3) is 0 Å². The zero-order valence-corrected chi connectivity index (χ0v) is 6.64. The highest BCUT2D eigenvalue weighted by Crippen LogP contribution is 2.14. The fourth-order valence-electron chi connectivity index (χ4n) is 1.23. The molecule has 0 spiro atoms. The summed E-state index contributed by atoms with van der Waals surface area (Å²) in [6.45, 7) is 4.67. The standard InChI is InChI=1S/C8H16O2/c1-2-9-7-5-8-4-3-6-10-8/h8H,2-7H2,1H3. The predicted octanol–water partition coefficient (Wildman–Crippen LogP) is 1.59. The molecular weight excluding hydrogens is 128 g/mol. The molecule has 1 heterocycles. The number of hydrogen-bond donors (Lipinski definition) is 0. The zero-order chi connectivity index (χ0) is 7.23. The maximum atomic E-state index is 5.42. The van der Waals surface area contributed by atoms with E-state index in [9.17, 15) is 0 Å². The summed E-state index contributed by atoms with van der Waals surface area (Å²) >= 11 is 0. The SMILES string of the molecule is CCOCCC1CCCO1. The lowest BCUT2D eigenvalue weighted by molar-refractivity contribution is 0.0633. The van der Waals surface area contributed by atoms with Crippen molar-refractivity contribution in [1.82, 2.24) is 0 Å². The van der Waals surface area contributed by atoms with E-state index in [1.807, 2.05) is 6.92 Å². The Labute approximate surface area is 62.5 Å². The van der Waals surface area contributed by atoms with Crippen molar-refractivity contribution < 1.29 is 9.47 Å². The molecule has 1 aliphatic rings. The molecule has 1 rings (SSSR count). The Kier molecular flexibility index (Phi) is 3.76. The van der Waals surface area contributed by atoms with Gasteiger partial charge in [0.2, 0.25) is 0 Å². The molecule has 1 fully saturated rings. The molecule has 0 N–H and O–H groups in total. The van der Waals surface area contributed by atoms with E-state index < -0.39 is 0 Å². The molecule has 0 radical (unpaired) electrons. The molecule has 0 aromatic rings. The summed E-state index contributed by atoms with van der Waals surface area (Å²) in [4.78, 5) is 0. The molecule has 1 aliphatic heterocycles. The van der Waals surface area contributed by atoms with Crippen LogP contribution in [0.1, 0.15) is 26.2 Å². The summed E-state index contributed by atoms with van der Waals surface area (Å²) in [6, 6.07) is 0. The number of hydrogen-bond acceptors (Lipinski definition) is 2. The zero-order valence-electron chi connectivity index (χ0n) is 6.64. The summed E-state index contributed by atoms with van der Waals surface area (Å²) in [5, 5.41) is 0. The molecule has 0 saturated carbocycles. The van der Waals surface area contributed by atoms with Gasteiger partial charge in [0.05, 0.1) is 6.10 Å². The first-order valence-electron chi connectivity index (χ1n) is 4.13. The maximum Gasteiger partial charge on any atom is 0.0597 e. The van der Waals surface area contributed by atoms with Crippen LogP contribution in [0, 0.1) is 0 Å². The Balaban J connectivity index is 1.91. The minimum Gasteiger partial charge on any atom is -0.382 e. The van der Waals surface area contributed by atoms with Crippen molar-refractivity contribution in [3.63, 3.8) is 0 Å². The van der Waals surface area contributed by atoms with E-state index in [1.165, 1.54) is 12.8 Å². The monoisotopic (exact) mass is 144 g/mol. The summed E-state index contributed by atoms with van der Waals surface area (Å²) in [5.41, 5.74) is 0. The van der Waals surface area contributed by atoms with Crippen LogP contribution in [0.2, 0.25) is 0 Å². The first-order valence-corrected chi connectivity index (χ1v) is 4.13. The van der Waals surface area contributed by atoms with Gasteiger partial charge >= 0.3 is 0 Å². The van der Waals surface area contributed by atoms with Gasteiger partial charge in [0.1, 0.15) is 0 Å². The molecule has 1 atom stereocenters. The summed E-state index contributed by atoms with van der Waals surface area (Å²) in [7, 11) is 0. The van der Waals surface area contributed by atoms with Crippen LogP contribution in [-0.2, 0) is 9.47 Å². The molecule has 2 nitrogen and oxygen atoms in total. The van der Waals surface area contributed by atoms with Crippen LogP contribution in [-0.4, -0.2) is 25.9 Å². The quantitative estimate of drug-likeness (QED) is 0.558. The minimum atomic E-state index is 0.492. The van der Waals surface area contributed by atoms with Crippen LogP contribution < -0.4 is 0 Å². The average molecular weight is 144 g/mol. The van der Waals surface area contributed by atoms with Crippen molar-refractivity contribution in [1.29, 1.82) is 0 Å². The Morgan fingerprint density at radius 3 is 3.10 bits per heavy atom. The van der Waals surface area contributed by atoms with E-state index in [0.717, 1.165) is 26.2 Å². The van der Waals surface area contributed by atoms with Crippen LogP contribution in [0.3, 0.4) is 0 Å². The summed E-state index contributed by atoms with van der Waals surface area (Å²) in [5.74, 6) is 0. The highest BCUT2D eigenvalue weighted by Gasteiger charge is 2.14. The van der Waals surface area contributed by atoms with Crippen LogP contribution in [0.4, 0.5) is 0 Å². The molecule has 2 heteroatoms. The van der Waals surface area contributed by atoms with Gasteiger partial charge in [-0.25, -0.2) is 0 Å². The lowest BCUT2D eigenvalue weighted by Crippen LogP contribution is -2.08. The molecule has 0 aliphatic carbocycles. The lowest BCUT2D eigenvalue weighted by atomic mass is 10.2. The van der Waals surface area contributed by atoms with Crippen LogP contribution in [0.25, 0.3) is 0 Å². The van der Waals surface area contributed by atoms with Crippen molar-refractivity contribution >= 4 is 0 Å². The molecule has 0 aromatic heterocycles. The molecule has 10 heavy (non-hydrogen) atoms. The van der Waals surface area contributed by atoms with Crippen LogP contribution >= 0.6 is 0 Å². The smallest absolute Gasteiger partial charge is 0.0597 e. The van der Waals surface area contributed by atoms with E-state index >= 15 is 0 Å². The lowest BCUT2D eigenvalue weighted by Gasteiger charge is -2.07. The van der Waals surface area contributed by atoms with Crippen molar-refractivity contribution in [2.45, 2.75) is 32.3 Å². The van der Waals surface area contributed by atoms with Gasteiger partial charge in [0.15, 0.2) is 0 Å². The van der Waals surface area contributed by atoms with E-state index in [2.05, 4.69) is 0 Å². The van der Waals surface area contributed by atoms with Gasteiger partial charge in [-0.15, -0.1) is 0 Å². The molecule has 60 valence electrons. The largest absolute Gasteiger partial charge is 0.382 e. The topological polar surface area (TPSA) is 18.5 Å². The van der Waals surface area contributed by atoms with E-state index in [4.69, 9.17) is 9.47 Å². The van der Waals surface area contributed by atoms with Gasteiger partial charge in [-0.1, -0.05) is 0 Å². The van der Waals surface area contributed by atoms with E-state index in [0.29, 0.717) is 6.10 Å². The summed E-state index contributed by atoms with van der Waals surface area (Å²) in [6.07, 6.45) is 4.03. The molecule has 0 amide bonds. The minimum absolute atomic E-state index is 0.492. The second-order valence-corrected chi connectivity index (χ2v) is 2.62. The van der Waals surface area contributed by atoms with Crippen molar-refractivity contribution in [2.75, 3.05) is 19.8 Å². The van der Waals surface area contributed by atoms with Crippen molar-refractivity contribution in [2.24, 2.45) is 0 Å². The highest BCUT2D eigenvalue weighted by atomic mass is 16.5. The Morgan fingerprint density at radius 1 is 1.60 bits per heavy atom. The van der Waals surface area contributed by atoms with Gasteiger partial charge in [-0.3, -0.25) is 0 Å². The fraction of sp³-hybridized carbons (Fsp3) is 1.00. The molecule has 1 unspecified atom stereocenters. The normalized spacial score (nSPS) is 25.5. The first kappa shape index (κ1) is 8.02. The summed E-state index contributed by atoms with van der Waals surface area (Å²) < 4.78 is 10.6. The third-order valence-electron chi connectivity index (χ3n) is 1.81. The number of ether oxygens (including phenoxy) is 2. The second kappa shape index (κ2) is 4.69. The highest BCUT2D eigenvalue weighted by molar-refractivity contribution is 4.63. The first-order chi connectivity index (χ1) is 4.93. The van der Waals surface area contributed by atoms with Gasteiger partial charge in [-0.2, -0.15) is 0 Å². The van der Waals surface area contributed by atoms with Crippen molar-refractivity contribution in [3.8, 4) is 0 Å². The maximum absolute atomic E-state index is 5.42. The van der Waals surface area contributed by atoms with Crippen LogP contribution in [0.5, 0.6) is 0 Å². The molecular formula is C8H16O2. The fourth-order valence-corrected chi connectivity index (χ4v) is 1.23. The third kappa shape index (κ3) is 2.67. The van der Waals surface area contributed by atoms with E-state index in [1.54, 1.807) is 0 Å². The average Bonchev–Trinajstić information content (AvgIpc) is 2.41. The predicted molar refractivity (Wildman–Crippen MR) is 40.1 cm³/mol. The second-order valence-electron chi connectivity index (χ2n) is 2.62. The van der Waals surface area contributed by atoms with Gasteiger partial charge in [-0.05, 0) is 26.2 Å². The van der Waals surface area contributed by atoms with Gasteiger partial charge < -0.3 is 9.47 Å². The molecule has 0 bridgehead atoms. The molecule has 1 saturated heterocycles. The Morgan fingerprint density at radius 2 is 2.50 bits per heavy atom. The third-order valence-corrected chi connectivity index (χ3v) is 1.81. The van der Waals surface area contributed by atoms with Gasteiger partial charge in [0, 0.05) is 19.8 Å².